The average molecular weight is 399 g/mol. The van der Waals surface area contributed by atoms with Crippen LogP contribution in [0.4, 0.5) is 0 Å². The molecule has 2 aromatic rings. The first kappa shape index (κ1) is 15.7. The Morgan fingerprint density at radius 1 is 1.10 bits per heavy atom. The molecule has 0 radical (unpaired) electrons. The van der Waals surface area contributed by atoms with E-state index in [0.717, 1.165) is 8.95 Å². The van der Waals surface area contributed by atoms with E-state index in [0.29, 0.717) is 12.1 Å². The van der Waals surface area contributed by atoms with E-state index in [4.69, 9.17) is 0 Å². The van der Waals surface area contributed by atoms with Crippen molar-refractivity contribution in [2.24, 2.45) is 0 Å². The first-order chi connectivity index (χ1) is 9.38. The molecule has 2 rings (SSSR count). The van der Waals surface area contributed by atoms with Crippen molar-refractivity contribution >= 4 is 31.9 Å². The summed E-state index contributed by atoms with van der Waals surface area (Å²) < 4.78 is 1.71. The van der Waals surface area contributed by atoms with Gasteiger partial charge in [0.15, 0.2) is 0 Å². The molecule has 1 aromatic heterocycles. The fraction of sp³-hybridized carbons (Fsp3) is 0.312. The van der Waals surface area contributed by atoms with E-state index in [1.54, 1.807) is 6.20 Å². The van der Waals surface area contributed by atoms with Gasteiger partial charge in [-0.15, -0.1) is 0 Å². The lowest BCUT2D eigenvalue weighted by Gasteiger charge is -2.16. The molecule has 1 atom stereocenters. The number of nitrogens with zero attached hydrogens (tertiary/aromatic N) is 1. The third kappa shape index (κ3) is 3.48. The van der Waals surface area contributed by atoms with Crippen molar-refractivity contribution in [1.82, 2.24) is 4.98 Å². The Kier molecular flexibility index (Phi) is 4.99. The molecule has 0 saturated carbocycles. The lowest BCUT2D eigenvalue weighted by molar-refractivity contribution is 0.172. The number of aliphatic hydroxyl groups excluding tert-OH is 1. The van der Waals surface area contributed by atoms with Crippen molar-refractivity contribution in [3.8, 4) is 0 Å². The lowest BCUT2D eigenvalue weighted by Crippen LogP contribution is -2.08. The van der Waals surface area contributed by atoms with Crippen molar-refractivity contribution in [2.45, 2.75) is 33.3 Å². The van der Waals surface area contributed by atoms with Crippen LogP contribution in [0.2, 0.25) is 0 Å². The summed E-state index contributed by atoms with van der Waals surface area (Å²) in [6.45, 7) is 6.27. The van der Waals surface area contributed by atoms with Crippen molar-refractivity contribution < 1.29 is 5.11 Å². The highest BCUT2D eigenvalue weighted by Gasteiger charge is 2.16. The summed E-state index contributed by atoms with van der Waals surface area (Å²) in [7, 11) is 0. The van der Waals surface area contributed by atoms with Gasteiger partial charge in [-0.1, -0.05) is 17.7 Å². The number of aliphatic hydroxyl groups is 1. The Morgan fingerprint density at radius 3 is 2.25 bits per heavy atom. The predicted octanol–water partition coefficient (Wildman–Crippen LogP) is 4.81. The van der Waals surface area contributed by atoms with Gasteiger partial charge >= 0.3 is 0 Å². The predicted molar refractivity (Wildman–Crippen MR) is 89.0 cm³/mol. The molecule has 20 heavy (non-hydrogen) atoms. The highest BCUT2D eigenvalue weighted by Crippen LogP contribution is 2.28. The Balaban J connectivity index is 2.30. The van der Waals surface area contributed by atoms with Crippen molar-refractivity contribution in [3.05, 3.63) is 61.3 Å². The summed E-state index contributed by atoms with van der Waals surface area (Å²) in [4.78, 5) is 4.31. The van der Waals surface area contributed by atoms with Crippen molar-refractivity contribution in [2.75, 3.05) is 0 Å². The standard InChI is InChI=1S/C16H17Br2NO/c1-9-4-10(2)13(11(3)5-9)7-15(20)16-14(18)6-12(17)8-19-16/h4-6,8,15,20H,7H2,1-3H3. The Bertz CT molecular complexity index is 617. The van der Waals surface area contributed by atoms with Crippen LogP contribution in [0.5, 0.6) is 0 Å². The van der Waals surface area contributed by atoms with E-state index < -0.39 is 6.10 Å². The minimum Gasteiger partial charge on any atom is -0.386 e. The minimum atomic E-state index is -0.613. The van der Waals surface area contributed by atoms with Gasteiger partial charge in [0.25, 0.3) is 0 Å². The minimum absolute atomic E-state index is 0.575. The molecule has 0 aliphatic rings. The monoisotopic (exact) mass is 397 g/mol. The summed E-state index contributed by atoms with van der Waals surface area (Å²) >= 11 is 6.83. The third-order valence-electron chi connectivity index (χ3n) is 3.39. The molecule has 4 heteroatoms. The van der Waals surface area contributed by atoms with Crippen molar-refractivity contribution in [1.29, 1.82) is 0 Å². The molecule has 1 aromatic carbocycles. The molecular weight excluding hydrogens is 382 g/mol. The number of pyridine rings is 1. The number of hydrogen-bond acceptors (Lipinski definition) is 2. The number of rotatable bonds is 3. The molecular formula is C16H17Br2NO. The second-order valence-electron chi connectivity index (χ2n) is 5.12. The highest BCUT2D eigenvalue weighted by molar-refractivity contribution is 9.11. The van der Waals surface area contributed by atoms with Crippen LogP contribution in [0.15, 0.2) is 33.3 Å². The maximum absolute atomic E-state index is 10.5. The second-order valence-corrected chi connectivity index (χ2v) is 6.89. The van der Waals surface area contributed by atoms with Crippen LogP contribution in [0.1, 0.15) is 34.1 Å². The number of hydrogen-bond donors (Lipinski definition) is 1. The van der Waals surface area contributed by atoms with E-state index in [1.165, 1.54) is 22.3 Å². The van der Waals surface area contributed by atoms with Gasteiger partial charge in [0.1, 0.15) is 6.10 Å². The summed E-state index contributed by atoms with van der Waals surface area (Å²) in [5, 5.41) is 10.5. The fourth-order valence-corrected chi connectivity index (χ4v) is 3.74. The van der Waals surface area contributed by atoms with Crippen LogP contribution in [0.25, 0.3) is 0 Å². The van der Waals surface area contributed by atoms with E-state index in [2.05, 4.69) is 69.7 Å². The zero-order valence-corrected chi connectivity index (χ0v) is 14.9. The molecule has 1 heterocycles. The molecule has 106 valence electrons. The topological polar surface area (TPSA) is 33.1 Å². The number of benzene rings is 1. The fourth-order valence-electron chi connectivity index (χ4n) is 2.49. The summed E-state index contributed by atoms with van der Waals surface area (Å²) in [6.07, 6.45) is 1.67. The molecule has 0 spiro atoms. The zero-order chi connectivity index (χ0) is 14.9. The highest BCUT2D eigenvalue weighted by atomic mass is 79.9. The van der Waals surface area contributed by atoms with Crippen LogP contribution >= 0.6 is 31.9 Å². The van der Waals surface area contributed by atoms with E-state index in [-0.39, 0.29) is 0 Å². The van der Waals surface area contributed by atoms with Gasteiger partial charge in [0.05, 0.1) is 5.69 Å². The maximum Gasteiger partial charge on any atom is 0.101 e. The second kappa shape index (κ2) is 6.37. The van der Waals surface area contributed by atoms with Gasteiger partial charge < -0.3 is 5.11 Å². The van der Waals surface area contributed by atoms with E-state index in [9.17, 15) is 5.11 Å². The van der Waals surface area contributed by atoms with Gasteiger partial charge in [-0.2, -0.15) is 0 Å². The van der Waals surface area contributed by atoms with Gasteiger partial charge in [0, 0.05) is 21.6 Å². The van der Waals surface area contributed by atoms with Gasteiger partial charge in [-0.25, -0.2) is 0 Å². The van der Waals surface area contributed by atoms with Crippen molar-refractivity contribution in [3.63, 3.8) is 0 Å². The molecule has 0 bridgehead atoms. The molecule has 0 saturated heterocycles. The number of aromatic nitrogens is 1. The number of aryl methyl sites for hydroxylation is 3. The summed E-state index contributed by atoms with van der Waals surface area (Å²) in [5.74, 6) is 0. The molecule has 2 nitrogen and oxygen atoms in total. The number of halogens is 2. The maximum atomic E-state index is 10.5. The van der Waals surface area contributed by atoms with E-state index >= 15 is 0 Å². The van der Waals surface area contributed by atoms with Crippen LogP contribution in [-0.4, -0.2) is 10.1 Å². The van der Waals surface area contributed by atoms with Crippen LogP contribution in [0.3, 0.4) is 0 Å². The molecule has 0 fully saturated rings. The Hall–Kier alpha value is -0.710. The smallest absolute Gasteiger partial charge is 0.101 e. The zero-order valence-electron chi connectivity index (χ0n) is 11.7. The van der Waals surface area contributed by atoms with Crippen LogP contribution < -0.4 is 0 Å². The first-order valence-electron chi connectivity index (χ1n) is 6.44. The van der Waals surface area contributed by atoms with E-state index in [1.807, 2.05) is 6.07 Å². The molecule has 1 unspecified atom stereocenters. The van der Waals surface area contributed by atoms with Crippen LogP contribution in [0, 0.1) is 20.8 Å². The van der Waals surface area contributed by atoms with Gasteiger partial charge in [-0.05, 0) is 75.4 Å². The lowest BCUT2D eigenvalue weighted by atomic mass is 9.94. The van der Waals surface area contributed by atoms with Gasteiger partial charge in [0.2, 0.25) is 0 Å². The Morgan fingerprint density at radius 2 is 1.70 bits per heavy atom. The quantitative estimate of drug-likeness (QED) is 0.804. The summed E-state index contributed by atoms with van der Waals surface area (Å²) in [6, 6.07) is 6.21. The van der Waals surface area contributed by atoms with Gasteiger partial charge in [-0.3, -0.25) is 4.98 Å². The molecule has 0 aliphatic heterocycles. The van der Waals surface area contributed by atoms with Crippen LogP contribution in [-0.2, 0) is 6.42 Å². The molecule has 1 N–H and O–H groups in total. The molecule has 0 amide bonds. The summed E-state index contributed by atoms with van der Waals surface area (Å²) in [5.41, 5.74) is 5.55. The SMILES string of the molecule is Cc1cc(C)c(CC(O)c2ncc(Br)cc2Br)c(C)c1. The average Bonchev–Trinajstić information content (AvgIpc) is 2.33. The molecule has 0 aliphatic carbocycles. The Labute approximate surface area is 136 Å². The third-order valence-corrected chi connectivity index (χ3v) is 4.46. The normalized spacial score (nSPS) is 12.5. The first-order valence-corrected chi connectivity index (χ1v) is 8.03. The largest absolute Gasteiger partial charge is 0.386 e.